The second kappa shape index (κ2) is 4.37. The molecule has 0 aromatic heterocycles. The minimum atomic E-state index is -0.888. The summed E-state index contributed by atoms with van der Waals surface area (Å²) in [6, 6.07) is 0. The van der Waals surface area contributed by atoms with Gasteiger partial charge in [0.1, 0.15) is 0 Å². The van der Waals surface area contributed by atoms with Crippen molar-refractivity contribution in [2.75, 3.05) is 0 Å². The van der Waals surface area contributed by atoms with E-state index in [0.717, 1.165) is 18.6 Å². The van der Waals surface area contributed by atoms with Crippen LogP contribution in [0.1, 0.15) is 51.4 Å². The number of carbonyl (C=O) groups is 2. The summed E-state index contributed by atoms with van der Waals surface area (Å²) in [5.74, 6) is -0.0443. The number of piperidine rings is 1. The molecule has 2 aliphatic heterocycles. The van der Waals surface area contributed by atoms with Crippen LogP contribution in [-0.2, 0) is 14.4 Å². The molecular formula is C13H18N2O3. The lowest BCUT2D eigenvalue weighted by molar-refractivity contribution is -0.153. The summed E-state index contributed by atoms with van der Waals surface area (Å²) in [7, 11) is 0. The van der Waals surface area contributed by atoms with Crippen LogP contribution in [-0.4, -0.2) is 23.1 Å². The maximum absolute atomic E-state index is 11.9. The first-order valence-electron chi connectivity index (χ1n) is 6.79. The smallest absolute Gasteiger partial charge is 0.274 e. The van der Waals surface area contributed by atoms with E-state index in [1.807, 2.05) is 0 Å². The van der Waals surface area contributed by atoms with Gasteiger partial charge in [-0.3, -0.25) is 14.9 Å². The first-order valence-corrected chi connectivity index (χ1v) is 6.79. The maximum Gasteiger partial charge on any atom is 0.274 e. The highest BCUT2D eigenvalue weighted by molar-refractivity contribution is 6.05. The van der Waals surface area contributed by atoms with Gasteiger partial charge in [-0.2, -0.15) is 0 Å². The fourth-order valence-electron chi connectivity index (χ4n) is 3.15. The average molecular weight is 250 g/mol. The number of carbonyl (C=O) groups excluding carboxylic acids is 2. The van der Waals surface area contributed by atoms with Gasteiger partial charge in [0.2, 0.25) is 11.5 Å². The third-order valence-corrected chi connectivity index (χ3v) is 4.30. The molecule has 0 aromatic rings. The Labute approximate surface area is 106 Å². The van der Waals surface area contributed by atoms with Gasteiger partial charge >= 0.3 is 0 Å². The number of oxime groups is 1. The van der Waals surface area contributed by atoms with Crippen molar-refractivity contribution in [1.29, 1.82) is 0 Å². The van der Waals surface area contributed by atoms with E-state index >= 15 is 0 Å². The molecule has 1 saturated carbocycles. The van der Waals surface area contributed by atoms with Crippen LogP contribution < -0.4 is 5.32 Å². The highest BCUT2D eigenvalue weighted by atomic mass is 16.7. The van der Waals surface area contributed by atoms with Gasteiger partial charge in [-0.1, -0.05) is 24.4 Å². The normalized spacial score (nSPS) is 33.2. The van der Waals surface area contributed by atoms with Crippen molar-refractivity contribution >= 4 is 17.5 Å². The first kappa shape index (κ1) is 11.7. The molecule has 2 amide bonds. The Bertz CT molecular complexity index is 412. The molecular weight excluding hydrogens is 232 g/mol. The molecule has 1 N–H and O–H groups in total. The van der Waals surface area contributed by atoms with Crippen molar-refractivity contribution < 1.29 is 14.4 Å². The lowest BCUT2D eigenvalue weighted by Gasteiger charge is -2.29. The predicted octanol–water partition coefficient (Wildman–Crippen LogP) is 1.52. The van der Waals surface area contributed by atoms with Gasteiger partial charge in [-0.05, 0) is 12.8 Å². The highest BCUT2D eigenvalue weighted by Gasteiger charge is 2.50. The van der Waals surface area contributed by atoms with E-state index in [0.29, 0.717) is 25.2 Å². The van der Waals surface area contributed by atoms with E-state index < -0.39 is 5.60 Å². The molecule has 0 bridgehead atoms. The third kappa shape index (κ3) is 1.91. The fourth-order valence-corrected chi connectivity index (χ4v) is 3.15. The Morgan fingerprint density at radius 1 is 1.22 bits per heavy atom. The summed E-state index contributed by atoms with van der Waals surface area (Å²) in [5.41, 5.74) is 0.139. The monoisotopic (exact) mass is 250 g/mol. The molecule has 18 heavy (non-hydrogen) atoms. The molecule has 1 unspecified atom stereocenters. The minimum Gasteiger partial charge on any atom is -0.379 e. The number of hydrogen-bond donors (Lipinski definition) is 1. The van der Waals surface area contributed by atoms with Gasteiger partial charge in [-0.25, -0.2) is 0 Å². The predicted molar refractivity (Wildman–Crippen MR) is 64.8 cm³/mol. The number of nitrogens with zero attached hydrogens (tertiary/aromatic N) is 1. The maximum atomic E-state index is 11.9. The molecule has 5 heteroatoms. The summed E-state index contributed by atoms with van der Waals surface area (Å²) in [6.07, 6.45) is 7.44. The van der Waals surface area contributed by atoms with Crippen LogP contribution in [0.15, 0.2) is 5.16 Å². The Kier molecular flexibility index (Phi) is 2.84. The van der Waals surface area contributed by atoms with Gasteiger partial charge < -0.3 is 4.84 Å². The molecule has 5 nitrogen and oxygen atoms in total. The van der Waals surface area contributed by atoms with E-state index in [1.54, 1.807) is 0 Å². The lowest BCUT2D eigenvalue weighted by atomic mass is 9.80. The van der Waals surface area contributed by atoms with Crippen LogP contribution in [0.5, 0.6) is 0 Å². The van der Waals surface area contributed by atoms with Gasteiger partial charge in [0.05, 0.1) is 5.71 Å². The fraction of sp³-hybridized carbons (Fsp3) is 0.769. The summed E-state index contributed by atoms with van der Waals surface area (Å²) in [5, 5.41) is 6.52. The second-order valence-corrected chi connectivity index (χ2v) is 5.56. The topological polar surface area (TPSA) is 67.8 Å². The quantitative estimate of drug-likeness (QED) is 0.717. The van der Waals surface area contributed by atoms with Crippen molar-refractivity contribution in [3.05, 3.63) is 0 Å². The zero-order chi connectivity index (χ0) is 12.6. The van der Waals surface area contributed by atoms with E-state index in [1.165, 1.54) is 19.3 Å². The van der Waals surface area contributed by atoms with Crippen molar-refractivity contribution in [1.82, 2.24) is 5.32 Å². The molecule has 3 rings (SSSR count). The largest absolute Gasteiger partial charge is 0.379 e. The Morgan fingerprint density at radius 3 is 2.72 bits per heavy atom. The van der Waals surface area contributed by atoms with E-state index in [-0.39, 0.29) is 11.8 Å². The SMILES string of the molecule is O=C1CCC2(CC(C3CCCCC3)=NO2)C(=O)N1. The highest BCUT2D eigenvalue weighted by Crippen LogP contribution is 2.37. The molecule has 0 aromatic carbocycles. The zero-order valence-corrected chi connectivity index (χ0v) is 10.4. The minimum absolute atomic E-state index is 0.208. The third-order valence-electron chi connectivity index (χ3n) is 4.30. The van der Waals surface area contributed by atoms with E-state index in [4.69, 9.17) is 4.84 Å². The molecule has 3 aliphatic rings. The first-order chi connectivity index (χ1) is 8.70. The molecule has 2 fully saturated rings. The van der Waals surface area contributed by atoms with Crippen LogP contribution in [0.2, 0.25) is 0 Å². The van der Waals surface area contributed by atoms with Crippen LogP contribution in [0.3, 0.4) is 0 Å². The van der Waals surface area contributed by atoms with Gasteiger partial charge in [0.15, 0.2) is 0 Å². The molecule has 1 aliphatic carbocycles. The number of amides is 2. The standard InChI is InChI=1S/C13H18N2O3/c16-11-6-7-13(12(17)14-11)8-10(15-18-13)9-4-2-1-3-5-9/h9H,1-8H2,(H,14,16,17). The van der Waals surface area contributed by atoms with Crippen molar-refractivity contribution in [2.24, 2.45) is 11.1 Å². The Balaban J connectivity index is 1.69. The van der Waals surface area contributed by atoms with Crippen molar-refractivity contribution in [3.63, 3.8) is 0 Å². The average Bonchev–Trinajstić information content (AvgIpc) is 2.82. The number of nitrogens with one attached hydrogen (secondary N) is 1. The Hall–Kier alpha value is -1.39. The van der Waals surface area contributed by atoms with Crippen LogP contribution in [0.4, 0.5) is 0 Å². The molecule has 1 atom stereocenters. The van der Waals surface area contributed by atoms with Gasteiger partial charge in [0, 0.05) is 25.2 Å². The summed E-state index contributed by atoms with van der Waals surface area (Å²) < 4.78 is 0. The number of hydrogen-bond acceptors (Lipinski definition) is 4. The summed E-state index contributed by atoms with van der Waals surface area (Å²) in [6.45, 7) is 0. The molecule has 2 heterocycles. The Morgan fingerprint density at radius 2 is 2.00 bits per heavy atom. The molecule has 1 saturated heterocycles. The van der Waals surface area contributed by atoms with Crippen molar-refractivity contribution in [2.45, 2.75) is 57.0 Å². The van der Waals surface area contributed by atoms with Crippen LogP contribution in [0.25, 0.3) is 0 Å². The molecule has 98 valence electrons. The summed E-state index contributed by atoms with van der Waals surface area (Å²) >= 11 is 0. The van der Waals surface area contributed by atoms with Crippen molar-refractivity contribution in [3.8, 4) is 0 Å². The molecule has 1 spiro atoms. The second-order valence-electron chi connectivity index (χ2n) is 5.56. The van der Waals surface area contributed by atoms with Crippen LogP contribution in [0, 0.1) is 5.92 Å². The molecule has 0 radical (unpaired) electrons. The number of rotatable bonds is 1. The number of imide groups is 1. The lowest BCUT2D eigenvalue weighted by Crippen LogP contribution is -2.53. The van der Waals surface area contributed by atoms with E-state index in [2.05, 4.69) is 10.5 Å². The zero-order valence-electron chi connectivity index (χ0n) is 10.4. The van der Waals surface area contributed by atoms with E-state index in [9.17, 15) is 9.59 Å². The van der Waals surface area contributed by atoms with Crippen LogP contribution >= 0.6 is 0 Å². The van der Waals surface area contributed by atoms with Gasteiger partial charge in [-0.15, -0.1) is 0 Å². The summed E-state index contributed by atoms with van der Waals surface area (Å²) in [4.78, 5) is 28.5. The van der Waals surface area contributed by atoms with Gasteiger partial charge in [0.25, 0.3) is 5.91 Å².